The summed E-state index contributed by atoms with van der Waals surface area (Å²) < 4.78 is 0. The van der Waals surface area contributed by atoms with E-state index in [1.165, 1.54) is 51.9 Å². The van der Waals surface area contributed by atoms with E-state index in [0.29, 0.717) is 0 Å². The molecular weight excluding hydrogens is 136 g/mol. The molecule has 0 saturated carbocycles. The second kappa shape index (κ2) is 3.55. The maximum absolute atomic E-state index is 2.70. The number of hydrogen-bond acceptors (Lipinski definition) is 1. The first-order chi connectivity index (χ1) is 5.47. The summed E-state index contributed by atoms with van der Waals surface area (Å²) in [5.74, 6) is 0. The first-order valence-electron chi connectivity index (χ1n) is 5.02. The van der Waals surface area contributed by atoms with E-state index in [1.54, 1.807) is 0 Å². The molecule has 2 aliphatic heterocycles. The van der Waals surface area contributed by atoms with Gasteiger partial charge in [0.15, 0.2) is 0 Å². The number of likely N-dealkylation sites (tertiary alicyclic amines) is 1. The zero-order valence-corrected chi connectivity index (χ0v) is 7.26. The van der Waals surface area contributed by atoms with Gasteiger partial charge in [-0.05, 0) is 25.9 Å². The molecule has 0 spiro atoms. The molecule has 0 aromatic carbocycles. The van der Waals surface area contributed by atoms with Crippen molar-refractivity contribution >= 4 is 0 Å². The highest BCUT2D eigenvalue weighted by molar-refractivity contribution is 4.76. The van der Waals surface area contributed by atoms with Gasteiger partial charge in [-0.25, -0.2) is 0 Å². The van der Waals surface area contributed by atoms with Crippen molar-refractivity contribution in [3.63, 3.8) is 0 Å². The summed E-state index contributed by atoms with van der Waals surface area (Å²) in [6, 6.07) is 0.947. The van der Waals surface area contributed by atoms with Crippen molar-refractivity contribution in [3.8, 4) is 0 Å². The van der Waals surface area contributed by atoms with Crippen molar-refractivity contribution < 1.29 is 5.32 Å². The van der Waals surface area contributed by atoms with Crippen LogP contribution >= 0.6 is 0 Å². The molecule has 2 nitrogen and oxygen atoms in total. The van der Waals surface area contributed by atoms with Crippen LogP contribution in [0.15, 0.2) is 0 Å². The van der Waals surface area contributed by atoms with Gasteiger partial charge in [0.05, 0.1) is 13.1 Å². The van der Waals surface area contributed by atoms with Crippen molar-refractivity contribution in [1.29, 1.82) is 0 Å². The Morgan fingerprint density at radius 2 is 1.64 bits per heavy atom. The van der Waals surface area contributed by atoms with Crippen LogP contribution in [0.4, 0.5) is 0 Å². The molecule has 2 fully saturated rings. The summed E-state index contributed by atoms with van der Waals surface area (Å²) in [4.78, 5) is 2.70. The Labute approximate surface area is 69.0 Å². The second-order valence-electron chi connectivity index (χ2n) is 3.84. The summed E-state index contributed by atoms with van der Waals surface area (Å²) in [5, 5.41) is 2.45. The molecule has 0 atom stereocenters. The minimum absolute atomic E-state index is 0.947. The van der Waals surface area contributed by atoms with Crippen molar-refractivity contribution in [1.82, 2.24) is 4.90 Å². The molecule has 0 bridgehead atoms. The van der Waals surface area contributed by atoms with E-state index in [1.807, 2.05) is 0 Å². The quantitative estimate of drug-likeness (QED) is 0.556. The molecule has 2 rings (SSSR count). The SMILES string of the molecule is C1CCN(C2CC[NH2+]CC2)C1. The largest absolute Gasteiger partial charge is 0.346 e. The number of piperidine rings is 1. The highest BCUT2D eigenvalue weighted by Gasteiger charge is 2.24. The number of hydrogen-bond donors (Lipinski definition) is 1. The zero-order chi connectivity index (χ0) is 7.52. The van der Waals surface area contributed by atoms with Crippen molar-refractivity contribution in [3.05, 3.63) is 0 Å². The van der Waals surface area contributed by atoms with Gasteiger partial charge in [0.25, 0.3) is 0 Å². The molecular formula is C9H19N2+. The van der Waals surface area contributed by atoms with Gasteiger partial charge in [0.2, 0.25) is 0 Å². The molecule has 0 aromatic heterocycles. The van der Waals surface area contributed by atoms with E-state index in [2.05, 4.69) is 10.2 Å². The van der Waals surface area contributed by atoms with Crippen molar-refractivity contribution in [2.75, 3.05) is 26.2 Å². The molecule has 0 aliphatic carbocycles. The smallest absolute Gasteiger partial charge is 0.0770 e. The Hall–Kier alpha value is -0.0800. The van der Waals surface area contributed by atoms with Crippen molar-refractivity contribution in [2.45, 2.75) is 31.7 Å². The lowest BCUT2D eigenvalue weighted by Gasteiger charge is -2.29. The van der Waals surface area contributed by atoms with Gasteiger partial charge in [0.1, 0.15) is 0 Å². The van der Waals surface area contributed by atoms with Gasteiger partial charge >= 0.3 is 0 Å². The summed E-state index contributed by atoms with van der Waals surface area (Å²) in [5.41, 5.74) is 0. The third kappa shape index (κ3) is 1.74. The minimum Gasteiger partial charge on any atom is -0.346 e. The molecule has 2 N–H and O–H groups in total. The summed E-state index contributed by atoms with van der Waals surface area (Å²) in [7, 11) is 0. The molecule has 0 amide bonds. The second-order valence-corrected chi connectivity index (χ2v) is 3.84. The molecule has 0 aromatic rings. The van der Waals surface area contributed by atoms with Crippen LogP contribution in [0, 0.1) is 0 Å². The predicted octanol–water partition coefficient (Wildman–Crippen LogP) is -0.192. The van der Waals surface area contributed by atoms with Crippen molar-refractivity contribution in [2.24, 2.45) is 0 Å². The van der Waals surface area contributed by atoms with Crippen LogP contribution in [0.2, 0.25) is 0 Å². The van der Waals surface area contributed by atoms with E-state index in [0.717, 1.165) is 6.04 Å². The maximum atomic E-state index is 2.70. The van der Waals surface area contributed by atoms with Crippen LogP contribution in [-0.2, 0) is 0 Å². The Bertz CT molecular complexity index is 113. The Morgan fingerprint density at radius 1 is 1.00 bits per heavy atom. The fourth-order valence-corrected chi connectivity index (χ4v) is 2.38. The van der Waals surface area contributed by atoms with Crippen LogP contribution in [0.25, 0.3) is 0 Å². The standard InChI is InChI=1S/C9H18N2/c1-2-8-11(7-1)9-3-5-10-6-4-9/h9-10H,1-8H2/p+1. The van der Waals surface area contributed by atoms with Gasteiger partial charge in [-0.15, -0.1) is 0 Å². The van der Waals surface area contributed by atoms with Gasteiger partial charge < -0.3 is 5.32 Å². The monoisotopic (exact) mass is 155 g/mol. The van der Waals surface area contributed by atoms with Crippen LogP contribution in [0.3, 0.4) is 0 Å². The molecule has 2 heterocycles. The number of nitrogens with two attached hydrogens (primary N) is 1. The van der Waals surface area contributed by atoms with E-state index in [-0.39, 0.29) is 0 Å². The molecule has 11 heavy (non-hydrogen) atoms. The maximum Gasteiger partial charge on any atom is 0.0770 e. The number of rotatable bonds is 1. The lowest BCUT2D eigenvalue weighted by atomic mass is 10.1. The van der Waals surface area contributed by atoms with E-state index in [9.17, 15) is 0 Å². The average molecular weight is 155 g/mol. The van der Waals surface area contributed by atoms with Gasteiger partial charge in [-0.3, -0.25) is 4.90 Å². The Kier molecular flexibility index (Phi) is 2.44. The van der Waals surface area contributed by atoms with E-state index in [4.69, 9.17) is 0 Å². The van der Waals surface area contributed by atoms with Gasteiger partial charge in [-0.2, -0.15) is 0 Å². The number of quaternary nitrogens is 1. The normalized spacial score (nSPS) is 29.5. The van der Waals surface area contributed by atoms with E-state index >= 15 is 0 Å². The molecule has 0 radical (unpaired) electrons. The molecule has 0 unspecified atom stereocenters. The minimum atomic E-state index is 0.947. The highest BCUT2D eigenvalue weighted by atomic mass is 15.2. The Morgan fingerprint density at radius 3 is 2.27 bits per heavy atom. The molecule has 64 valence electrons. The average Bonchev–Trinajstić information content (AvgIpc) is 2.58. The lowest BCUT2D eigenvalue weighted by molar-refractivity contribution is -0.664. The van der Waals surface area contributed by atoms with Crippen LogP contribution < -0.4 is 5.32 Å². The van der Waals surface area contributed by atoms with Crippen LogP contribution in [0.1, 0.15) is 25.7 Å². The molecule has 2 saturated heterocycles. The highest BCUT2D eigenvalue weighted by Crippen LogP contribution is 2.16. The fourth-order valence-electron chi connectivity index (χ4n) is 2.38. The fraction of sp³-hybridized carbons (Fsp3) is 1.00. The first-order valence-corrected chi connectivity index (χ1v) is 5.02. The van der Waals surface area contributed by atoms with E-state index < -0.39 is 0 Å². The zero-order valence-electron chi connectivity index (χ0n) is 7.26. The summed E-state index contributed by atoms with van der Waals surface area (Å²) in [6.07, 6.45) is 5.75. The first kappa shape index (κ1) is 7.56. The topological polar surface area (TPSA) is 19.9 Å². The third-order valence-corrected chi connectivity index (χ3v) is 3.07. The predicted molar refractivity (Wildman–Crippen MR) is 45.5 cm³/mol. The number of nitrogens with zero attached hydrogens (tertiary/aromatic N) is 1. The van der Waals surface area contributed by atoms with Gasteiger partial charge in [-0.1, -0.05) is 0 Å². The van der Waals surface area contributed by atoms with Crippen LogP contribution in [0.5, 0.6) is 0 Å². The molecule has 2 heteroatoms. The lowest BCUT2D eigenvalue weighted by Crippen LogP contribution is -2.87. The summed E-state index contributed by atoms with van der Waals surface area (Å²) >= 11 is 0. The third-order valence-electron chi connectivity index (χ3n) is 3.07. The van der Waals surface area contributed by atoms with Gasteiger partial charge in [0, 0.05) is 18.9 Å². The Balaban J connectivity index is 1.82. The molecule has 2 aliphatic rings. The summed E-state index contributed by atoms with van der Waals surface area (Å²) in [6.45, 7) is 5.48. The van der Waals surface area contributed by atoms with Crippen LogP contribution in [-0.4, -0.2) is 37.1 Å².